The molecule has 0 aliphatic rings. The van der Waals surface area contributed by atoms with Crippen LogP contribution in [0.1, 0.15) is 26.3 Å². The summed E-state index contributed by atoms with van der Waals surface area (Å²) in [7, 11) is 0. The smallest absolute Gasteiger partial charge is 0.345 e. The van der Waals surface area contributed by atoms with Crippen LogP contribution in [-0.2, 0) is 0 Å². The van der Waals surface area contributed by atoms with Crippen molar-refractivity contribution in [3.63, 3.8) is 0 Å². The number of benzene rings is 3. The van der Waals surface area contributed by atoms with Gasteiger partial charge in [-0.1, -0.05) is 62.9 Å². The third kappa shape index (κ3) is 5.61. The van der Waals surface area contributed by atoms with Crippen LogP contribution < -0.4 is 10.2 Å². The molecule has 0 fully saturated rings. The SMILES string of the molecule is O=C(NN=Cc1cc(Br)ccc1OC(=O)c1ccccc1Cl)c1ccc(Cl)cc1Cl. The largest absolute Gasteiger partial charge is 0.422 e. The quantitative estimate of drug-likeness (QED) is 0.181. The van der Waals surface area contributed by atoms with E-state index in [4.69, 9.17) is 39.5 Å². The van der Waals surface area contributed by atoms with Gasteiger partial charge in [-0.25, -0.2) is 10.2 Å². The van der Waals surface area contributed by atoms with E-state index in [0.29, 0.717) is 10.6 Å². The lowest BCUT2D eigenvalue weighted by molar-refractivity contribution is 0.0734. The Morgan fingerprint density at radius 2 is 1.70 bits per heavy atom. The van der Waals surface area contributed by atoms with Crippen molar-refractivity contribution in [3.8, 4) is 5.75 Å². The van der Waals surface area contributed by atoms with Crippen molar-refractivity contribution < 1.29 is 14.3 Å². The first kappa shape index (κ1) is 22.3. The number of carbonyl (C=O) groups is 2. The number of carbonyl (C=O) groups excluding carboxylic acids is 2. The van der Waals surface area contributed by atoms with Crippen LogP contribution in [0.5, 0.6) is 5.75 Å². The van der Waals surface area contributed by atoms with Gasteiger partial charge < -0.3 is 4.74 Å². The minimum atomic E-state index is -0.616. The predicted octanol–water partition coefficient (Wildman–Crippen LogP) is 6.39. The summed E-state index contributed by atoms with van der Waals surface area (Å²) in [4.78, 5) is 24.7. The molecule has 152 valence electrons. The van der Waals surface area contributed by atoms with Crippen molar-refractivity contribution in [3.05, 3.63) is 96.9 Å². The number of hydrogen-bond donors (Lipinski definition) is 1. The molecule has 0 heterocycles. The summed E-state index contributed by atoms with van der Waals surface area (Å²) in [5.74, 6) is -0.891. The van der Waals surface area contributed by atoms with Gasteiger partial charge in [-0.05, 0) is 48.5 Å². The van der Waals surface area contributed by atoms with Crippen molar-refractivity contribution in [1.29, 1.82) is 0 Å². The fourth-order valence-corrected chi connectivity index (χ4v) is 3.48. The highest BCUT2D eigenvalue weighted by Gasteiger charge is 2.15. The molecule has 1 amide bonds. The summed E-state index contributed by atoms with van der Waals surface area (Å²) in [5, 5.41) is 4.82. The Labute approximate surface area is 195 Å². The van der Waals surface area contributed by atoms with Gasteiger partial charge in [-0.3, -0.25) is 4.79 Å². The molecule has 0 aliphatic carbocycles. The summed E-state index contributed by atoms with van der Waals surface area (Å²) in [6.45, 7) is 0. The summed E-state index contributed by atoms with van der Waals surface area (Å²) < 4.78 is 6.19. The lowest BCUT2D eigenvalue weighted by atomic mass is 10.2. The highest BCUT2D eigenvalue weighted by Crippen LogP contribution is 2.25. The molecule has 0 aromatic heterocycles. The molecule has 30 heavy (non-hydrogen) atoms. The molecule has 0 radical (unpaired) electrons. The summed E-state index contributed by atoms with van der Waals surface area (Å²) in [6.07, 6.45) is 1.35. The second-order valence-corrected chi connectivity index (χ2v) is 8.04. The maximum Gasteiger partial charge on any atom is 0.345 e. The topological polar surface area (TPSA) is 67.8 Å². The molecule has 0 aliphatic heterocycles. The Kier molecular flexibility index (Phi) is 7.50. The van der Waals surface area contributed by atoms with Gasteiger partial charge >= 0.3 is 5.97 Å². The lowest BCUT2D eigenvalue weighted by Gasteiger charge is -2.09. The Bertz CT molecular complexity index is 1150. The number of hydrazone groups is 1. The van der Waals surface area contributed by atoms with E-state index in [0.717, 1.165) is 4.47 Å². The van der Waals surface area contributed by atoms with Crippen LogP contribution >= 0.6 is 50.7 Å². The number of halogens is 4. The third-order valence-electron chi connectivity index (χ3n) is 3.81. The van der Waals surface area contributed by atoms with Crippen LogP contribution in [0.25, 0.3) is 0 Å². The number of hydrogen-bond acceptors (Lipinski definition) is 4. The molecule has 0 atom stereocenters. The Balaban J connectivity index is 1.77. The summed E-state index contributed by atoms with van der Waals surface area (Å²) >= 11 is 21.3. The Hall–Kier alpha value is -2.38. The first-order valence-corrected chi connectivity index (χ1v) is 10.3. The van der Waals surface area contributed by atoms with Gasteiger partial charge in [0.05, 0.1) is 27.4 Å². The van der Waals surface area contributed by atoms with Gasteiger partial charge in [-0.2, -0.15) is 5.10 Å². The zero-order valence-corrected chi connectivity index (χ0v) is 18.9. The van der Waals surface area contributed by atoms with E-state index < -0.39 is 11.9 Å². The number of nitrogens with one attached hydrogen (secondary N) is 1. The van der Waals surface area contributed by atoms with Crippen molar-refractivity contribution in [2.75, 3.05) is 0 Å². The van der Waals surface area contributed by atoms with E-state index in [2.05, 4.69) is 26.5 Å². The zero-order chi connectivity index (χ0) is 21.7. The third-order valence-corrected chi connectivity index (χ3v) is 5.18. The minimum Gasteiger partial charge on any atom is -0.422 e. The van der Waals surface area contributed by atoms with Crippen LogP contribution in [0.15, 0.2) is 70.2 Å². The monoisotopic (exact) mass is 524 g/mol. The van der Waals surface area contributed by atoms with Crippen molar-refractivity contribution >= 4 is 68.8 Å². The molecule has 0 bridgehead atoms. The van der Waals surface area contributed by atoms with E-state index in [9.17, 15) is 9.59 Å². The first-order chi connectivity index (χ1) is 14.3. The summed E-state index contributed by atoms with van der Waals surface area (Å²) in [5.41, 5.74) is 3.28. The van der Waals surface area contributed by atoms with Crippen molar-refractivity contribution in [1.82, 2.24) is 5.43 Å². The van der Waals surface area contributed by atoms with Crippen LogP contribution in [0.4, 0.5) is 0 Å². The fraction of sp³-hybridized carbons (Fsp3) is 0. The van der Waals surface area contributed by atoms with Gasteiger partial charge in [0.15, 0.2) is 0 Å². The molecule has 0 saturated carbocycles. The minimum absolute atomic E-state index is 0.201. The Morgan fingerprint density at radius 1 is 0.933 bits per heavy atom. The predicted molar refractivity (Wildman–Crippen MR) is 122 cm³/mol. The van der Waals surface area contributed by atoms with Crippen LogP contribution in [-0.4, -0.2) is 18.1 Å². The molecule has 0 unspecified atom stereocenters. The highest BCUT2D eigenvalue weighted by atomic mass is 79.9. The number of ether oxygens (including phenoxy) is 1. The van der Waals surface area contributed by atoms with Crippen molar-refractivity contribution in [2.24, 2.45) is 5.10 Å². The molecule has 3 aromatic rings. The number of rotatable bonds is 5. The van der Waals surface area contributed by atoms with E-state index >= 15 is 0 Å². The van der Waals surface area contributed by atoms with Crippen molar-refractivity contribution in [2.45, 2.75) is 0 Å². The lowest BCUT2D eigenvalue weighted by Crippen LogP contribution is -2.18. The van der Waals surface area contributed by atoms with Gasteiger partial charge in [0.25, 0.3) is 5.91 Å². The molecule has 0 spiro atoms. The molecular weight excluding hydrogens is 515 g/mol. The standard InChI is InChI=1S/C21H12BrCl3N2O3/c22-13-5-8-19(30-21(29)16-3-1-2-4-17(16)24)12(9-13)11-26-27-20(28)15-7-6-14(23)10-18(15)25/h1-11H,(H,27,28). The molecule has 3 aromatic carbocycles. The molecule has 9 heteroatoms. The number of amides is 1. The molecule has 1 N–H and O–H groups in total. The average molecular weight is 527 g/mol. The molecule has 0 saturated heterocycles. The molecule has 3 rings (SSSR count). The average Bonchev–Trinajstić information content (AvgIpc) is 2.70. The van der Waals surface area contributed by atoms with Crippen LogP contribution in [0.3, 0.4) is 0 Å². The molecular formula is C21H12BrCl3N2O3. The number of esters is 1. The van der Waals surface area contributed by atoms with Crippen LogP contribution in [0, 0.1) is 0 Å². The maximum atomic E-state index is 12.4. The Morgan fingerprint density at radius 3 is 2.43 bits per heavy atom. The highest BCUT2D eigenvalue weighted by molar-refractivity contribution is 9.10. The van der Waals surface area contributed by atoms with E-state index in [1.165, 1.54) is 18.3 Å². The second-order valence-electron chi connectivity index (χ2n) is 5.87. The van der Waals surface area contributed by atoms with Gasteiger partial charge in [0.1, 0.15) is 5.75 Å². The van der Waals surface area contributed by atoms with E-state index in [1.54, 1.807) is 48.5 Å². The normalized spacial score (nSPS) is 10.8. The van der Waals surface area contributed by atoms with Crippen LogP contribution in [0.2, 0.25) is 15.1 Å². The fourth-order valence-electron chi connectivity index (χ4n) is 2.39. The maximum absolute atomic E-state index is 12.4. The number of nitrogens with zero attached hydrogens (tertiary/aromatic N) is 1. The van der Waals surface area contributed by atoms with Gasteiger partial charge in [0, 0.05) is 15.1 Å². The van der Waals surface area contributed by atoms with E-state index in [-0.39, 0.29) is 26.9 Å². The summed E-state index contributed by atoms with van der Waals surface area (Å²) in [6, 6.07) is 16.0. The van der Waals surface area contributed by atoms with Gasteiger partial charge in [0.2, 0.25) is 0 Å². The zero-order valence-electron chi connectivity index (χ0n) is 15.0. The first-order valence-electron chi connectivity index (χ1n) is 8.40. The van der Waals surface area contributed by atoms with Gasteiger partial charge in [-0.15, -0.1) is 0 Å². The van der Waals surface area contributed by atoms with E-state index in [1.807, 2.05) is 0 Å². The second kappa shape index (κ2) is 10.1. The molecule has 5 nitrogen and oxygen atoms in total.